The largest absolute Gasteiger partial charge is 0.345 e. The van der Waals surface area contributed by atoms with Crippen LogP contribution in [-0.2, 0) is 4.79 Å². The van der Waals surface area contributed by atoms with Gasteiger partial charge in [-0.05, 0) is 31.0 Å². The predicted octanol–water partition coefficient (Wildman–Crippen LogP) is 2.14. The smallest absolute Gasteiger partial charge is 0.221 e. The number of H-pyrrole nitrogens is 1. The lowest BCUT2D eigenvalue weighted by Gasteiger charge is -2.09. The summed E-state index contributed by atoms with van der Waals surface area (Å²) in [6.07, 6.45) is 1.63. The number of imidazole rings is 1. The molecule has 2 N–H and O–H groups in total. The van der Waals surface area contributed by atoms with Crippen LogP contribution in [0.25, 0.3) is 11.0 Å². The van der Waals surface area contributed by atoms with Gasteiger partial charge in [0.2, 0.25) is 5.91 Å². The minimum absolute atomic E-state index is 0.0759. The highest BCUT2D eigenvalue weighted by atomic mass is 16.1. The third-order valence-corrected chi connectivity index (χ3v) is 2.53. The molecule has 1 aromatic heterocycles. The van der Waals surface area contributed by atoms with Crippen LogP contribution in [0.4, 0.5) is 5.69 Å². The summed E-state index contributed by atoms with van der Waals surface area (Å²) in [4.78, 5) is 18.3. The second-order valence-corrected chi connectivity index (χ2v) is 3.67. The van der Waals surface area contributed by atoms with E-state index in [9.17, 15) is 4.79 Å². The molecule has 0 saturated heterocycles. The van der Waals surface area contributed by atoms with Crippen LogP contribution in [0, 0.1) is 13.8 Å². The van der Waals surface area contributed by atoms with E-state index in [-0.39, 0.29) is 5.91 Å². The zero-order valence-corrected chi connectivity index (χ0v) is 9.01. The minimum atomic E-state index is -0.0759. The number of aromatic nitrogens is 2. The van der Waals surface area contributed by atoms with Crippen LogP contribution in [0.2, 0.25) is 0 Å². The molecule has 0 atom stereocenters. The number of benzene rings is 1. The maximum atomic E-state index is 11.1. The molecule has 1 heterocycles. The number of fused-ring (bicyclic) bond motifs is 1. The number of rotatable bonds is 1. The topological polar surface area (TPSA) is 57.8 Å². The van der Waals surface area contributed by atoms with Crippen LogP contribution in [0.5, 0.6) is 0 Å². The molecule has 4 nitrogen and oxygen atoms in total. The second-order valence-electron chi connectivity index (χ2n) is 3.67. The summed E-state index contributed by atoms with van der Waals surface area (Å²) < 4.78 is 0. The molecule has 0 saturated carbocycles. The van der Waals surface area contributed by atoms with Gasteiger partial charge in [0.05, 0.1) is 17.5 Å². The zero-order chi connectivity index (χ0) is 11.0. The van der Waals surface area contributed by atoms with Gasteiger partial charge in [-0.1, -0.05) is 0 Å². The SMILES string of the molecule is CC(=O)Nc1c(C)c(C)cc2[nH]cnc12. The van der Waals surface area contributed by atoms with Crippen LogP contribution in [0.1, 0.15) is 18.1 Å². The lowest BCUT2D eigenvalue weighted by atomic mass is 10.1. The van der Waals surface area contributed by atoms with Crippen molar-refractivity contribution in [3.8, 4) is 0 Å². The van der Waals surface area contributed by atoms with Gasteiger partial charge in [0.1, 0.15) is 5.52 Å². The highest BCUT2D eigenvalue weighted by Crippen LogP contribution is 2.27. The predicted molar refractivity (Wildman–Crippen MR) is 59.9 cm³/mol. The first kappa shape index (κ1) is 9.71. The highest BCUT2D eigenvalue weighted by molar-refractivity contribution is 6.00. The fourth-order valence-corrected chi connectivity index (χ4v) is 1.64. The van der Waals surface area contributed by atoms with Gasteiger partial charge in [-0.15, -0.1) is 0 Å². The third-order valence-electron chi connectivity index (χ3n) is 2.53. The summed E-state index contributed by atoms with van der Waals surface area (Å²) in [5, 5.41) is 2.82. The van der Waals surface area contributed by atoms with Gasteiger partial charge >= 0.3 is 0 Å². The molecular formula is C11H13N3O. The molecule has 0 bridgehead atoms. The number of carbonyl (C=O) groups excluding carboxylic acids is 1. The molecule has 0 fully saturated rings. The zero-order valence-electron chi connectivity index (χ0n) is 9.01. The molecular weight excluding hydrogens is 190 g/mol. The minimum Gasteiger partial charge on any atom is -0.345 e. The molecule has 0 aliphatic heterocycles. The molecule has 2 rings (SSSR count). The lowest BCUT2D eigenvalue weighted by Crippen LogP contribution is -2.08. The summed E-state index contributed by atoms with van der Waals surface area (Å²) in [7, 11) is 0. The first-order valence-electron chi connectivity index (χ1n) is 4.80. The number of hydrogen-bond donors (Lipinski definition) is 2. The third kappa shape index (κ3) is 1.58. The summed E-state index contributed by atoms with van der Waals surface area (Å²) in [5.41, 5.74) is 4.76. The second kappa shape index (κ2) is 3.38. The summed E-state index contributed by atoms with van der Waals surface area (Å²) in [5.74, 6) is -0.0759. The maximum absolute atomic E-state index is 11.1. The lowest BCUT2D eigenvalue weighted by molar-refractivity contribution is -0.114. The van der Waals surface area contributed by atoms with Crippen molar-refractivity contribution >= 4 is 22.6 Å². The Morgan fingerprint density at radius 2 is 2.20 bits per heavy atom. The first-order valence-corrected chi connectivity index (χ1v) is 4.80. The molecule has 0 unspecified atom stereocenters. The van der Waals surface area contributed by atoms with Crippen molar-refractivity contribution in [1.29, 1.82) is 0 Å². The summed E-state index contributed by atoms with van der Waals surface area (Å²) >= 11 is 0. The van der Waals surface area contributed by atoms with Gasteiger partial charge in [-0.3, -0.25) is 4.79 Å². The fraction of sp³-hybridized carbons (Fsp3) is 0.273. The standard InChI is InChI=1S/C11H13N3O/c1-6-4-9-11(13-5-12-9)10(7(6)2)14-8(3)15/h4-5H,1-3H3,(H,12,13)(H,14,15). The Morgan fingerprint density at radius 1 is 1.47 bits per heavy atom. The van der Waals surface area contributed by atoms with E-state index in [4.69, 9.17) is 0 Å². The van der Waals surface area contributed by atoms with Crippen LogP contribution < -0.4 is 5.32 Å². The number of anilines is 1. The number of aryl methyl sites for hydroxylation is 1. The first-order chi connectivity index (χ1) is 7.09. The Balaban J connectivity index is 2.71. The van der Waals surface area contributed by atoms with E-state index in [1.165, 1.54) is 6.92 Å². The molecule has 1 amide bonds. The Kier molecular flexibility index (Phi) is 2.19. The van der Waals surface area contributed by atoms with Crippen molar-refractivity contribution < 1.29 is 4.79 Å². The highest BCUT2D eigenvalue weighted by Gasteiger charge is 2.10. The van der Waals surface area contributed by atoms with E-state index in [0.717, 1.165) is 27.8 Å². The van der Waals surface area contributed by atoms with Gasteiger partial charge in [0, 0.05) is 6.92 Å². The normalized spacial score (nSPS) is 10.6. The van der Waals surface area contributed by atoms with Gasteiger partial charge in [-0.2, -0.15) is 0 Å². The number of aromatic amines is 1. The maximum Gasteiger partial charge on any atom is 0.221 e. The molecule has 2 aromatic rings. The van der Waals surface area contributed by atoms with Crippen molar-refractivity contribution in [3.63, 3.8) is 0 Å². The van der Waals surface area contributed by atoms with Crippen molar-refractivity contribution in [2.45, 2.75) is 20.8 Å². The number of nitrogens with zero attached hydrogens (tertiary/aromatic N) is 1. The average molecular weight is 203 g/mol. The Bertz CT molecular complexity index is 528. The fourth-order valence-electron chi connectivity index (χ4n) is 1.64. The summed E-state index contributed by atoms with van der Waals surface area (Å²) in [6.45, 7) is 5.50. The van der Waals surface area contributed by atoms with Gasteiger partial charge in [-0.25, -0.2) is 4.98 Å². The van der Waals surface area contributed by atoms with E-state index in [1.807, 2.05) is 19.9 Å². The molecule has 78 valence electrons. The molecule has 4 heteroatoms. The number of amides is 1. The molecule has 0 aliphatic rings. The number of carbonyl (C=O) groups is 1. The van der Waals surface area contributed by atoms with E-state index in [1.54, 1.807) is 6.33 Å². The van der Waals surface area contributed by atoms with Crippen molar-refractivity contribution in [1.82, 2.24) is 9.97 Å². The Morgan fingerprint density at radius 3 is 2.87 bits per heavy atom. The van der Waals surface area contributed by atoms with Crippen LogP contribution in [0.3, 0.4) is 0 Å². The van der Waals surface area contributed by atoms with E-state index in [2.05, 4.69) is 15.3 Å². The average Bonchev–Trinajstić information content (AvgIpc) is 2.59. The van der Waals surface area contributed by atoms with E-state index >= 15 is 0 Å². The van der Waals surface area contributed by atoms with Crippen LogP contribution in [0.15, 0.2) is 12.4 Å². The van der Waals surface area contributed by atoms with E-state index < -0.39 is 0 Å². The summed E-state index contributed by atoms with van der Waals surface area (Å²) in [6, 6.07) is 2.03. The quantitative estimate of drug-likeness (QED) is 0.746. The van der Waals surface area contributed by atoms with E-state index in [0.29, 0.717) is 0 Å². The molecule has 1 aromatic carbocycles. The molecule has 0 spiro atoms. The monoisotopic (exact) mass is 203 g/mol. The van der Waals surface area contributed by atoms with Crippen molar-refractivity contribution in [2.24, 2.45) is 0 Å². The van der Waals surface area contributed by atoms with Gasteiger partial charge < -0.3 is 10.3 Å². The van der Waals surface area contributed by atoms with Crippen molar-refractivity contribution in [3.05, 3.63) is 23.5 Å². The van der Waals surface area contributed by atoms with Gasteiger partial charge in [0.15, 0.2) is 0 Å². The molecule has 15 heavy (non-hydrogen) atoms. The molecule has 0 aliphatic carbocycles. The van der Waals surface area contributed by atoms with Crippen molar-refractivity contribution in [2.75, 3.05) is 5.32 Å². The van der Waals surface area contributed by atoms with Gasteiger partial charge in [0.25, 0.3) is 0 Å². The Hall–Kier alpha value is -1.84. The number of nitrogens with one attached hydrogen (secondary N) is 2. The number of hydrogen-bond acceptors (Lipinski definition) is 2. The van der Waals surface area contributed by atoms with Crippen LogP contribution in [-0.4, -0.2) is 15.9 Å². The molecule has 0 radical (unpaired) electrons. The van der Waals surface area contributed by atoms with Crippen LogP contribution >= 0.6 is 0 Å². The Labute approximate surface area is 87.7 Å².